The van der Waals surface area contributed by atoms with Crippen LogP contribution in [0.4, 0.5) is 0 Å². The number of piperidine rings is 1. The summed E-state index contributed by atoms with van der Waals surface area (Å²) in [6, 6.07) is 4.44. The van der Waals surface area contributed by atoms with Gasteiger partial charge in [-0.1, -0.05) is 11.6 Å². The zero-order chi connectivity index (χ0) is 17.7. The molecule has 1 aliphatic heterocycles. The van der Waals surface area contributed by atoms with Gasteiger partial charge in [0.2, 0.25) is 0 Å². The van der Waals surface area contributed by atoms with Crippen LogP contribution in [-0.4, -0.2) is 49.5 Å². The van der Waals surface area contributed by atoms with Crippen LogP contribution in [0, 0.1) is 5.92 Å². The summed E-state index contributed by atoms with van der Waals surface area (Å²) in [6.07, 6.45) is 1.12. The standard InChI is InChI=1S/C16H19ClN2O5/c1-23-16(22)10-4-6-19(7-5-10)14(20)9-24-13-3-2-11(17)8-12(13)15(18)21/h2-3,8,10H,4-7,9H2,1H3,(H2,18,21). The molecule has 7 nitrogen and oxygen atoms in total. The molecule has 8 heteroatoms. The van der Waals surface area contributed by atoms with Crippen LogP contribution in [0.15, 0.2) is 18.2 Å². The number of esters is 1. The third-order valence-electron chi connectivity index (χ3n) is 3.94. The molecule has 0 aliphatic carbocycles. The van der Waals surface area contributed by atoms with Crippen LogP contribution in [-0.2, 0) is 14.3 Å². The number of amides is 2. The molecule has 24 heavy (non-hydrogen) atoms. The summed E-state index contributed by atoms with van der Waals surface area (Å²) < 4.78 is 10.1. The van der Waals surface area contributed by atoms with E-state index >= 15 is 0 Å². The smallest absolute Gasteiger partial charge is 0.308 e. The van der Waals surface area contributed by atoms with Crippen molar-refractivity contribution in [3.8, 4) is 5.75 Å². The van der Waals surface area contributed by atoms with E-state index in [2.05, 4.69) is 0 Å². The van der Waals surface area contributed by atoms with Crippen molar-refractivity contribution < 1.29 is 23.9 Å². The van der Waals surface area contributed by atoms with E-state index in [4.69, 9.17) is 26.8 Å². The number of likely N-dealkylation sites (tertiary alicyclic amines) is 1. The molecule has 1 saturated heterocycles. The van der Waals surface area contributed by atoms with Gasteiger partial charge in [0.1, 0.15) is 5.75 Å². The van der Waals surface area contributed by atoms with Gasteiger partial charge < -0.3 is 20.1 Å². The molecule has 2 N–H and O–H groups in total. The lowest BCUT2D eigenvalue weighted by molar-refractivity contribution is -0.149. The lowest BCUT2D eigenvalue weighted by Gasteiger charge is -2.30. The third kappa shape index (κ3) is 4.38. The first-order chi connectivity index (χ1) is 11.4. The molecule has 0 radical (unpaired) electrons. The van der Waals surface area contributed by atoms with Gasteiger partial charge in [-0.2, -0.15) is 0 Å². The highest BCUT2D eigenvalue weighted by Crippen LogP contribution is 2.23. The molecule has 2 rings (SSSR count). The number of ether oxygens (including phenoxy) is 2. The first kappa shape index (κ1) is 18.1. The van der Waals surface area contributed by atoms with E-state index < -0.39 is 5.91 Å². The first-order valence-electron chi connectivity index (χ1n) is 7.50. The number of carbonyl (C=O) groups is 3. The minimum atomic E-state index is -0.682. The molecule has 0 atom stereocenters. The minimum Gasteiger partial charge on any atom is -0.483 e. The number of hydrogen-bond donors (Lipinski definition) is 1. The Morgan fingerprint density at radius 1 is 1.29 bits per heavy atom. The van der Waals surface area contributed by atoms with Gasteiger partial charge in [0.15, 0.2) is 6.61 Å². The highest BCUT2D eigenvalue weighted by molar-refractivity contribution is 6.31. The van der Waals surface area contributed by atoms with Gasteiger partial charge >= 0.3 is 5.97 Å². The second-order valence-electron chi connectivity index (χ2n) is 5.47. The van der Waals surface area contributed by atoms with Crippen LogP contribution in [0.2, 0.25) is 5.02 Å². The topological polar surface area (TPSA) is 98.9 Å². The molecule has 0 unspecified atom stereocenters. The SMILES string of the molecule is COC(=O)C1CCN(C(=O)COc2ccc(Cl)cc2C(N)=O)CC1. The molecular weight excluding hydrogens is 336 g/mol. The van der Waals surface area contributed by atoms with Crippen molar-refractivity contribution in [1.82, 2.24) is 4.90 Å². The Morgan fingerprint density at radius 3 is 2.54 bits per heavy atom. The normalized spacial score (nSPS) is 15.0. The Balaban J connectivity index is 1.91. The molecule has 0 bridgehead atoms. The molecule has 0 spiro atoms. The summed E-state index contributed by atoms with van der Waals surface area (Å²) in [6.45, 7) is 0.710. The number of nitrogens with zero attached hydrogens (tertiary/aromatic N) is 1. The second-order valence-corrected chi connectivity index (χ2v) is 5.91. The zero-order valence-electron chi connectivity index (χ0n) is 13.3. The van der Waals surface area contributed by atoms with E-state index in [0.717, 1.165) is 0 Å². The van der Waals surface area contributed by atoms with Crippen LogP contribution in [0.1, 0.15) is 23.2 Å². The van der Waals surface area contributed by atoms with Crippen LogP contribution in [0.25, 0.3) is 0 Å². The average Bonchev–Trinajstić information content (AvgIpc) is 2.59. The largest absolute Gasteiger partial charge is 0.483 e. The van der Waals surface area contributed by atoms with Crippen molar-refractivity contribution in [3.05, 3.63) is 28.8 Å². The lowest BCUT2D eigenvalue weighted by atomic mass is 9.97. The number of methoxy groups -OCH3 is 1. The maximum Gasteiger partial charge on any atom is 0.308 e. The molecular formula is C16H19ClN2O5. The predicted molar refractivity (Wildman–Crippen MR) is 86.8 cm³/mol. The van der Waals surface area contributed by atoms with E-state index in [9.17, 15) is 14.4 Å². The molecule has 2 amide bonds. The predicted octanol–water partition coefficient (Wildman–Crippen LogP) is 1.23. The second kappa shape index (κ2) is 8.01. The Labute approximate surface area is 144 Å². The number of primary amides is 1. The van der Waals surface area contributed by atoms with E-state index in [1.807, 2.05) is 0 Å². The van der Waals surface area contributed by atoms with E-state index in [1.54, 1.807) is 11.0 Å². The molecule has 1 aromatic rings. The van der Waals surface area contributed by atoms with E-state index in [-0.39, 0.29) is 35.7 Å². The van der Waals surface area contributed by atoms with Crippen LogP contribution in [0.3, 0.4) is 0 Å². The summed E-state index contributed by atoms with van der Waals surface area (Å²) >= 11 is 5.82. The minimum absolute atomic E-state index is 0.125. The fraction of sp³-hybridized carbons (Fsp3) is 0.438. The first-order valence-corrected chi connectivity index (χ1v) is 7.88. The van der Waals surface area contributed by atoms with Crippen molar-refractivity contribution in [2.45, 2.75) is 12.8 Å². The zero-order valence-corrected chi connectivity index (χ0v) is 14.0. The van der Waals surface area contributed by atoms with E-state index in [1.165, 1.54) is 19.2 Å². The summed E-state index contributed by atoms with van der Waals surface area (Å²) in [5, 5.41) is 0.354. The highest BCUT2D eigenvalue weighted by Gasteiger charge is 2.28. The highest BCUT2D eigenvalue weighted by atomic mass is 35.5. The number of hydrogen-bond acceptors (Lipinski definition) is 5. The number of halogens is 1. The molecule has 130 valence electrons. The van der Waals surface area contributed by atoms with Gasteiger partial charge in [0.05, 0.1) is 18.6 Å². The monoisotopic (exact) mass is 354 g/mol. The van der Waals surface area contributed by atoms with Gasteiger partial charge in [-0.05, 0) is 31.0 Å². The maximum absolute atomic E-state index is 12.2. The van der Waals surface area contributed by atoms with Crippen LogP contribution >= 0.6 is 11.6 Å². The Morgan fingerprint density at radius 2 is 1.96 bits per heavy atom. The maximum atomic E-state index is 12.2. The van der Waals surface area contributed by atoms with Crippen molar-refractivity contribution >= 4 is 29.4 Å². The van der Waals surface area contributed by atoms with Crippen molar-refractivity contribution in [2.75, 3.05) is 26.8 Å². The lowest BCUT2D eigenvalue weighted by Crippen LogP contribution is -2.42. The molecule has 0 saturated carbocycles. The summed E-state index contributed by atoms with van der Waals surface area (Å²) in [7, 11) is 1.36. The van der Waals surface area contributed by atoms with Gasteiger partial charge in [-0.3, -0.25) is 14.4 Å². The summed E-state index contributed by atoms with van der Waals surface area (Å²) in [5.41, 5.74) is 5.40. The molecule has 0 aromatic heterocycles. The number of carbonyl (C=O) groups excluding carboxylic acids is 3. The fourth-order valence-electron chi connectivity index (χ4n) is 2.58. The Hall–Kier alpha value is -2.28. The van der Waals surface area contributed by atoms with Crippen molar-refractivity contribution in [3.63, 3.8) is 0 Å². The fourth-order valence-corrected chi connectivity index (χ4v) is 2.75. The number of rotatable bonds is 5. The van der Waals surface area contributed by atoms with E-state index in [0.29, 0.717) is 31.0 Å². The van der Waals surface area contributed by atoms with Crippen LogP contribution < -0.4 is 10.5 Å². The molecule has 1 fully saturated rings. The quantitative estimate of drug-likeness (QED) is 0.802. The average molecular weight is 355 g/mol. The Kier molecular flexibility index (Phi) is 6.03. The summed E-state index contributed by atoms with van der Waals surface area (Å²) in [4.78, 5) is 36.7. The van der Waals surface area contributed by atoms with Gasteiger partial charge in [-0.25, -0.2) is 0 Å². The van der Waals surface area contributed by atoms with Gasteiger partial charge in [0, 0.05) is 18.1 Å². The number of nitrogens with two attached hydrogens (primary N) is 1. The molecule has 1 aromatic carbocycles. The van der Waals surface area contributed by atoms with Gasteiger partial charge in [-0.15, -0.1) is 0 Å². The van der Waals surface area contributed by atoms with Crippen LogP contribution in [0.5, 0.6) is 5.75 Å². The van der Waals surface area contributed by atoms with Crippen molar-refractivity contribution in [2.24, 2.45) is 11.7 Å². The molecule has 1 aliphatic rings. The van der Waals surface area contributed by atoms with Gasteiger partial charge in [0.25, 0.3) is 11.8 Å². The third-order valence-corrected chi connectivity index (χ3v) is 4.18. The van der Waals surface area contributed by atoms with Crippen molar-refractivity contribution in [1.29, 1.82) is 0 Å². The molecule has 1 heterocycles. The number of benzene rings is 1. The summed E-state index contributed by atoms with van der Waals surface area (Å²) in [5.74, 6) is -1.10. The Bertz CT molecular complexity index is 641.